The van der Waals surface area contributed by atoms with Crippen LogP contribution in [0, 0.1) is 5.41 Å². The average Bonchev–Trinajstić information content (AvgIpc) is 2.76. The van der Waals surface area contributed by atoms with Gasteiger partial charge in [0.25, 0.3) is 0 Å². The normalized spacial score (nSPS) is 12.4. The van der Waals surface area contributed by atoms with Gasteiger partial charge in [-0.05, 0) is 30.3 Å². The number of hydrogen-bond acceptors (Lipinski definition) is 8. The summed E-state index contributed by atoms with van der Waals surface area (Å²) < 4.78 is 78.1. The number of nitrogens with one attached hydrogen (secondary N) is 3. The molecule has 0 saturated heterocycles. The number of alkyl halides is 6. The molecule has 3 rings (SSSR count). The zero-order chi connectivity index (χ0) is 24.2. The molecule has 0 unspecified atom stereocenters. The molecule has 3 aromatic rings. The number of hydrogen-bond donors (Lipinski definition) is 3. The molecule has 0 aliphatic heterocycles. The van der Waals surface area contributed by atoms with Crippen molar-refractivity contribution in [2.75, 3.05) is 12.4 Å². The number of rotatable bonds is 6. The molecule has 3 aromatic heterocycles. The van der Waals surface area contributed by atoms with Gasteiger partial charge in [0.05, 0.1) is 5.70 Å². The molecule has 0 aliphatic rings. The molecule has 0 amide bonds. The molecule has 14 heteroatoms. The zero-order valence-electron chi connectivity index (χ0n) is 16.6. The quantitative estimate of drug-likeness (QED) is 0.365. The van der Waals surface area contributed by atoms with Crippen LogP contribution in [0.15, 0.2) is 42.6 Å². The molecule has 33 heavy (non-hydrogen) atoms. The predicted molar refractivity (Wildman–Crippen MR) is 106 cm³/mol. The second-order valence-corrected chi connectivity index (χ2v) is 6.26. The van der Waals surface area contributed by atoms with Crippen molar-refractivity contribution in [3.8, 4) is 11.5 Å². The van der Waals surface area contributed by atoms with E-state index in [-0.39, 0.29) is 34.7 Å². The Balaban J connectivity index is 2.12. The fourth-order valence-electron chi connectivity index (χ4n) is 2.53. The van der Waals surface area contributed by atoms with Crippen molar-refractivity contribution in [3.05, 3.63) is 59.8 Å². The number of allylic oxidation sites excluding steroid dienone is 1. The van der Waals surface area contributed by atoms with Crippen LogP contribution in [-0.4, -0.2) is 38.2 Å². The van der Waals surface area contributed by atoms with Gasteiger partial charge in [0.2, 0.25) is 5.95 Å². The molecule has 172 valence electrons. The number of pyridine rings is 2. The summed E-state index contributed by atoms with van der Waals surface area (Å²) >= 11 is 0. The van der Waals surface area contributed by atoms with E-state index in [4.69, 9.17) is 5.41 Å². The SMILES string of the molecule is CN/C(=C\C=N)c1nc(Nc2ccnc(C(F)(F)F)c2)nc(-c2cccc(C(F)(F)F)n2)n1. The maximum Gasteiger partial charge on any atom is 0.433 e. The first-order valence-electron chi connectivity index (χ1n) is 9.01. The monoisotopic (exact) mass is 468 g/mol. The first kappa shape index (κ1) is 23.6. The lowest BCUT2D eigenvalue weighted by atomic mass is 10.2. The topological polar surface area (TPSA) is 112 Å². The van der Waals surface area contributed by atoms with Gasteiger partial charge in [0.15, 0.2) is 11.6 Å². The van der Waals surface area contributed by atoms with Gasteiger partial charge in [0.1, 0.15) is 17.1 Å². The molecule has 8 nitrogen and oxygen atoms in total. The summed E-state index contributed by atoms with van der Waals surface area (Å²) in [7, 11) is 1.49. The highest BCUT2D eigenvalue weighted by Crippen LogP contribution is 2.31. The minimum Gasteiger partial charge on any atom is -0.385 e. The predicted octanol–water partition coefficient (Wildman–Crippen LogP) is 4.32. The van der Waals surface area contributed by atoms with Gasteiger partial charge in [-0.3, -0.25) is 4.98 Å². The third-order valence-electron chi connectivity index (χ3n) is 3.97. The average molecular weight is 468 g/mol. The largest absolute Gasteiger partial charge is 0.433 e. The maximum atomic E-state index is 13.1. The summed E-state index contributed by atoms with van der Waals surface area (Å²) in [6.07, 6.45) is -6.29. The Morgan fingerprint density at radius 1 is 0.939 bits per heavy atom. The molecule has 0 bridgehead atoms. The lowest BCUT2D eigenvalue weighted by Crippen LogP contribution is -2.13. The van der Waals surface area contributed by atoms with Gasteiger partial charge in [0, 0.05) is 25.1 Å². The molecule has 0 atom stereocenters. The van der Waals surface area contributed by atoms with Crippen molar-refractivity contribution < 1.29 is 26.3 Å². The Hall–Kier alpha value is -4.10. The molecule has 0 saturated carbocycles. The first-order valence-corrected chi connectivity index (χ1v) is 9.01. The first-order chi connectivity index (χ1) is 15.5. The standard InChI is InChI=1S/C19H14F6N8/c1-27-11(5-7-26)15-31-16(12-3-2-4-13(30-12)18(20,21)22)33-17(32-15)29-10-6-8-28-14(9-10)19(23,24)25/h2-9,26-27H,1H3,(H,28,29,31,32,33)/b11-5-,26-7?. The smallest absolute Gasteiger partial charge is 0.385 e. The number of nitrogens with zero attached hydrogens (tertiary/aromatic N) is 5. The van der Waals surface area contributed by atoms with Gasteiger partial charge in [-0.15, -0.1) is 0 Å². The zero-order valence-corrected chi connectivity index (χ0v) is 16.6. The van der Waals surface area contributed by atoms with Crippen LogP contribution < -0.4 is 10.6 Å². The molecule has 0 fully saturated rings. The van der Waals surface area contributed by atoms with E-state index in [1.165, 1.54) is 25.3 Å². The van der Waals surface area contributed by atoms with Gasteiger partial charge in [-0.25, -0.2) is 9.97 Å². The van der Waals surface area contributed by atoms with Crippen molar-refractivity contribution in [1.82, 2.24) is 30.2 Å². The Kier molecular flexibility index (Phi) is 6.55. The van der Waals surface area contributed by atoms with Crippen LogP contribution in [0.3, 0.4) is 0 Å². The number of halogens is 6. The summed E-state index contributed by atoms with van der Waals surface area (Å²) in [4.78, 5) is 19.0. The lowest BCUT2D eigenvalue weighted by molar-refractivity contribution is -0.141. The molecular weight excluding hydrogens is 454 g/mol. The van der Waals surface area contributed by atoms with E-state index in [1.807, 2.05) is 0 Å². The molecular formula is C19H14F6N8. The summed E-state index contributed by atoms with van der Waals surface area (Å²) in [5.41, 5.74) is -2.45. The summed E-state index contributed by atoms with van der Waals surface area (Å²) in [5, 5.41) is 12.5. The summed E-state index contributed by atoms with van der Waals surface area (Å²) in [6.45, 7) is 0. The molecule has 0 spiro atoms. The van der Waals surface area contributed by atoms with E-state index in [0.29, 0.717) is 0 Å². The Bertz CT molecular complexity index is 1190. The number of aromatic nitrogens is 5. The van der Waals surface area contributed by atoms with Crippen molar-refractivity contribution in [2.45, 2.75) is 12.4 Å². The fraction of sp³-hybridized carbons (Fsp3) is 0.158. The molecule has 3 heterocycles. The second kappa shape index (κ2) is 9.18. The van der Waals surface area contributed by atoms with Crippen LogP contribution >= 0.6 is 0 Å². The van der Waals surface area contributed by atoms with Crippen molar-refractivity contribution in [1.29, 1.82) is 5.41 Å². The number of anilines is 2. The Morgan fingerprint density at radius 3 is 2.30 bits per heavy atom. The lowest BCUT2D eigenvalue weighted by Gasteiger charge is -2.12. The Labute approximate surface area is 182 Å². The molecule has 3 N–H and O–H groups in total. The van der Waals surface area contributed by atoms with Crippen LogP contribution in [0.5, 0.6) is 0 Å². The third kappa shape index (κ3) is 5.78. The summed E-state index contributed by atoms with van der Waals surface area (Å²) in [5.74, 6) is -0.623. The van der Waals surface area contributed by atoms with Gasteiger partial charge in [-0.2, -0.15) is 36.3 Å². The summed E-state index contributed by atoms with van der Waals surface area (Å²) in [6, 6.07) is 5.08. The molecule has 0 radical (unpaired) electrons. The van der Waals surface area contributed by atoms with E-state index in [9.17, 15) is 26.3 Å². The van der Waals surface area contributed by atoms with E-state index >= 15 is 0 Å². The van der Waals surface area contributed by atoms with Crippen molar-refractivity contribution >= 4 is 23.5 Å². The van der Waals surface area contributed by atoms with Crippen LogP contribution in [0.2, 0.25) is 0 Å². The van der Waals surface area contributed by atoms with E-state index < -0.39 is 23.7 Å². The van der Waals surface area contributed by atoms with Crippen LogP contribution in [0.1, 0.15) is 17.2 Å². The minimum atomic E-state index is -4.71. The second-order valence-electron chi connectivity index (χ2n) is 6.26. The van der Waals surface area contributed by atoms with Crippen LogP contribution in [-0.2, 0) is 12.4 Å². The van der Waals surface area contributed by atoms with Crippen molar-refractivity contribution in [2.24, 2.45) is 0 Å². The fourth-order valence-corrected chi connectivity index (χ4v) is 2.53. The van der Waals surface area contributed by atoms with E-state index in [1.54, 1.807) is 0 Å². The third-order valence-corrected chi connectivity index (χ3v) is 3.97. The molecule has 0 aliphatic carbocycles. The van der Waals surface area contributed by atoms with Gasteiger partial charge >= 0.3 is 12.4 Å². The van der Waals surface area contributed by atoms with Crippen molar-refractivity contribution in [3.63, 3.8) is 0 Å². The van der Waals surface area contributed by atoms with E-state index in [0.717, 1.165) is 30.6 Å². The highest BCUT2D eigenvalue weighted by atomic mass is 19.4. The molecule has 0 aromatic carbocycles. The van der Waals surface area contributed by atoms with Crippen LogP contribution in [0.25, 0.3) is 17.2 Å². The maximum absolute atomic E-state index is 13.1. The Morgan fingerprint density at radius 2 is 1.67 bits per heavy atom. The van der Waals surface area contributed by atoms with Crippen LogP contribution in [0.4, 0.5) is 38.0 Å². The van der Waals surface area contributed by atoms with Gasteiger partial charge < -0.3 is 16.0 Å². The highest BCUT2D eigenvalue weighted by Gasteiger charge is 2.33. The highest BCUT2D eigenvalue weighted by molar-refractivity contribution is 5.80. The van der Waals surface area contributed by atoms with E-state index in [2.05, 4.69) is 35.6 Å². The minimum absolute atomic E-state index is 0.0699. The van der Waals surface area contributed by atoms with Gasteiger partial charge in [-0.1, -0.05) is 6.07 Å².